The average Bonchev–Trinajstić information content (AvgIpc) is 2.96. The minimum atomic E-state index is -0.404. The Morgan fingerprint density at radius 2 is 1.78 bits per heavy atom. The van der Waals surface area contributed by atoms with Crippen molar-refractivity contribution in [2.24, 2.45) is 0 Å². The number of nitro benzene ring substituents is 1. The van der Waals surface area contributed by atoms with Crippen molar-refractivity contribution in [3.05, 3.63) is 44.4 Å². The Labute approximate surface area is 141 Å². The summed E-state index contributed by atoms with van der Waals surface area (Å²) in [6.45, 7) is 3.04. The van der Waals surface area contributed by atoms with Gasteiger partial charge in [0.05, 0.1) is 4.92 Å². The van der Waals surface area contributed by atoms with Crippen LogP contribution in [0.1, 0.15) is 9.67 Å². The lowest BCUT2D eigenvalue weighted by molar-refractivity contribution is -0.384. The van der Waals surface area contributed by atoms with Gasteiger partial charge >= 0.3 is 0 Å². The van der Waals surface area contributed by atoms with Gasteiger partial charge in [-0.25, -0.2) is 4.98 Å². The van der Waals surface area contributed by atoms with Crippen LogP contribution in [0.3, 0.4) is 0 Å². The van der Waals surface area contributed by atoms with Crippen molar-refractivity contribution >= 4 is 45.7 Å². The summed E-state index contributed by atoms with van der Waals surface area (Å²) < 4.78 is 0. The zero-order chi connectivity index (χ0) is 16.4. The molecular weight excluding hydrogens is 340 g/mol. The van der Waals surface area contributed by atoms with Gasteiger partial charge in [0.2, 0.25) is 0 Å². The largest absolute Gasteiger partial charge is 0.368 e. The molecule has 2 heterocycles. The van der Waals surface area contributed by atoms with E-state index in [0.29, 0.717) is 4.88 Å². The summed E-state index contributed by atoms with van der Waals surface area (Å²) in [5.41, 5.74) is 1.05. The van der Waals surface area contributed by atoms with Gasteiger partial charge in [-0.05, 0) is 12.1 Å². The second-order valence-electron chi connectivity index (χ2n) is 5.02. The minimum absolute atomic E-state index is 0.0891. The molecule has 1 aliphatic rings. The lowest BCUT2D eigenvalue weighted by atomic mass is 10.2. The molecule has 0 atom stereocenters. The Morgan fingerprint density at radius 3 is 2.30 bits per heavy atom. The molecule has 1 fully saturated rings. The fourth-order valence-electron chi connectivity index (χ4n) is 2.45. The first-order valence-electron chi connectivity index (χ1n) is 6.94. The van der Waals surface area contributed by atoms with Gasteiger partial charge in [0.15, 0.2) is 16.6 Å². The van der Waals surface area contributed by atoms with Crippen LogP contribution in [0.15, 0.2) is 24.3 Å². The predicted molar refractivity (Wildman–Crippen MR) is 90.0 cm³/mol. The van der Waals surface area contributed by atoms with E-state index in [2.05, 4.69) is 14.8 Å². The van der Waals surface area contributed by atoms with Crippen molar-refractivity contribution in [2.75, 3.05) is 36.0 Å². The summed E-state index contributed by atoms with van der Waals surface area (Å²) in [4.78, 5) is 30.0. The van der Waals surface area contributed by atoms with E-state index < -0.39 is 4.92 Å². The van der Waals surface area contributed by atoms with E-state index in [4.69, 9.17) is 11.6 Å². The first-order valence-corrected chi connectivity index (χ1v) is 8.14. The van der Waals surface area contributed by atoms with E-state index in [0.717, 1.165) is 43.3 Å². The Bertz CT molecular complexity index is 726. The Morgan fingerprint density at radius 1 is 1.17 bits per heavy atom. The van der Waals surface area contributed by atoms with Gasteiger partial charge in [-0.15, -0.1) is 0 Å². The molecule has 0 bridgehead atoms. The molecule has 0 spiro atoms. The first kappa shape index (κ1) is 15.7. The number of aromatic nitrogens is 1. The molecular formula is C14H13ClN4O3S. The van der Waals surface area contributed by atoms with Crippen LogP contribution in [0.4, 0.5) is 16.5 Å². The molecule has 1 aromatic heterocycles. The van der Waals surface area contributed by atoms with E-state index in [1.165, 1.54) is 23.5 Å². The number of carbonyl (C=O) groups excluding carboxylic acids is 1. The SMILES string of the molecule is O=Cc1sc(N2CCN(c3ccc([N+](=O)[O-])cc3)CC2)nc1Cl. The molecule has 3 rings (SSSR count). The molecule has 2 aromatic rings. The smallest absolute Gasteiger partial charge is 0.269 e. The second-order valence-corrected chi connectivity index (χ2v) is 6.38. The summed E-state index contributed by atoms with van der Waals surface area (Å²) in [6.07, 6.45) is 0.719. The number of thiazole rings is 1. The number of aldehydes is 1. The highest BCUT2D eigenvalue weighted by molar-refractivity contribution is 7.17. The molecule has 120 valence electrons. The quantitative estimate of drug-likeness (QED) is 0.478. The summed E-state index contributed by atoms with van der Waals surface area (Å²) in [5.74, 6) is 0. The van der Waals surface area contributed by atoms with Crippen molar-refractivity contribution in [1.82, 2.24) is 4.98 Å². The molecule has 9 heteroatoms. The summed E-state index contributed by atoms with van der Waals surface area (Å²) in [6, 6.07) is 6.55. The van der Waals surface area contributed by atoms with Gasteiger partial charge in [-0.1, -0.05) is 22.9 Å². The molecule has 0 radical (unpaired) electrons. The maximum absolute atomic E-state index is 10.8. The Balaban J connectivity index is 1.65. The molecule has 1 aromatic carbocycles. The van der Waals surface area contributed by atoms with Gasteiger partial charge < -0.3 is 9.80 Å². The summed E-state index contributed by atoms with van der Waals surface area (Å²) in [5, 5.41) is 11.7. The van der Waals surface area contributed by atoms with Crippen LogP contribution in [0.5, 0.6) is 0 Å². The molecule has 23 heavy (non-hydrogen) atoms. The highest BCUT2D eigenvalue weighted by Gasteiger charge is 2.21. The number of hydrogen-bond donors (Lipinski definition) is 0. The number of benzene rings is 1. The fourth-order valence-corrected chi connectivity index (χ4v) is 3.57. The van der Waals surface area contributed by atoms with Crippen molar-refractivity contribution in [3.8, 4) is 0 Å². The number of halogens is 1. The number of nitrogens with zero attached hydrogens (tertiary/aromatic N) is 4. The van der Waals surface area contributed by atoms with Gasteiger partial charge in [0.1, 0.15) is 4.88 Å². The molecule has 0 aliphatic carbocycles. The van der Waals surface area contributed by atoms with Crippen molar-refractivity contribution < 1.29 is 9.72 Å². The van der Waals surface area contributed by atoms with Crippen LogP contribution in [0.2, 0.25) is 5.15 Å². The fraction of sp³-hybridized carbons (Fsp3) is 0.286. The molecule has 7 nitrogen and oxygen atoms in total. The van der Waals surface area contributed by atoms with E-state index in [-0.39, 0.29) is 10.8 Å². The van der Waals surface area contributed by atoms with Crippen molar-refractivity contribution in [3.63, 3.8) is 0 Å². The zero-order valence-corrected chi connectivity index (χ0v) is 13.6. The third kappa shape index (κ3) is 3.27. The van der Waals surface area contributed by atoms with E-state index in [1.54, 1.807) is 12.1 Å². The zero-order valence-electron chi connectivity index (χ0n) is 12.0. The van der Waals surface area contributed by atoms with Crippen LogP contribution in [-0.2, 0) is 0 Å². The number of nitro groups is 1. The Kier molecular flexibility index (Phi) is 4.44. The Hall–Kier alpha value is -2.19. The lowest BCUT2D eigenvalue weighted by Crippen LogP contribution is -2.46. The van der Waals surface area contributed by atoms with Crippen LogP contribution in [0.25, 0.3) is 0 Å². The maximum atomic E-state index is 10.8. The normalized spacial score (nSPS) is 14.8. The van der Waals surface area contributed by atoms with Gasteiger partial charge in [-0.2, -0.15) is 0 Å². The van der Waals surface area contributed by atoms with Crippen molar-refractivity contribution in [1.29, 1.82) is 0 Å². The number of piperazine rings is 1. The number of anilines is 2. The van der Waals surface area contributed by atoms with E-state index in [1.807, 2.05) is 0 Å². The highest BCUT2D eigenvalue weighted by Crippen LogP contribution is 2.29. The summed E-state index contributed by atoms with van der Waals surface area (Å²) >= 11 is 7.19. The molecule has 1 aliphatic heterocycles. The van der Waals surface area contributed by atoms with E-state index in [9.17, 15) is 14.9 Å². The molecule has 0 amide bonds. The first-order chi connectivity index (χ1) is 11.1. The highest BCUT2D eigenvalue weighted by atomic mass is 35.5. The maximum Gasteiger partial charge on any atom is 0.269 e. The second kappa shape index (κ2) is 6.51. The molecule has 0 N–H and O–H groups in total. The van der Waals surface area contributed by atoms with Gasteiger partial charge in [-0.3, -0.25) is 14.9 Å². The monoisotopic (exact) mass is 352 g/mol. The van der Waals surface area contributed by atoms with Crippen LogP contribution < -0.4 is 9.80 Å². The topological polar surface area (TPSA) is 79.6 Å². The molecule has 0 saturated carbocycles. The summed E-state index contributed by atoms with van der Waals surface area (Å²) in [7, 11) is 0. The number of non-ortho nitro benzene ring substituents is 1. The minimum Gasteiger partial charge on any atom is -0.368 e. The average molecular weight is 353 g/mol. The van der Waals surface area contributed by atoms with Gasteiger partial charge in [0.25, 0.3) is 5.69 Å². The van der Waals surface area contributed by atoms with Crippen molar-refractivity contribution in [2.45, 2.75) is 0 Å². The third-order valence-electron chi connectivity index (χ3n) is 3.68. The lowest BCUT2D eigenvalue weighted by Gasteiger charge is -2.35. The third-order valence-corrected chi connectivity index (χ3v) is 5.12. The predicted octanol–water partition coefficient (Wildman–Crippen LogP) is 2.84. The number of hydrogen-bond acceptors (Lipinski definition) is 7. The van der Waals surface area contributed by atoms with E-state index >= 15 is 0 Å². The number of rotatable bonds is 4. The van der Waals surface area contributed by atoms with Crippen LogP contribution >= 0.6 is 22.9 Å². The van der Waals surface area contributed by atoms with Gasteiger partial charge in [0, 0.05) is 44.0 Å². The molecule has 0 unspecified atom stereocenters. The number of carbonyl (C=O) groups is 1. The standard InChI is InChI=1S/C14H13ClN4O3S/c15-13-12(9-20)23-14(16-13)18-7-5-17(6-8-18)10-1-3-11(4-2-10)19(21)22/h1-4,9H,5-8H2. The van der Waals surface area contributed by atoms with Crippen LogP contribution in [0, 0.1) is 10.1 Å². The van der Waals surface area contributed by atoms with Crippen LogP contribution in [-0.4, -0.2) is 42.4 Å². The molecule has 1 saturated heterocycles.